The summed E-state index contributed by atoms with van der Waals surface area (Å²) < 4.78 is 0. The lowest BCUT2D eigenvalue weighted by atomic mass is 10.3. The fraction of sp³-hybridized carbons (Fsp3) is 0.143. The number of hydrazine groups is 1. The average Bonchev–Trinajstić information content (AvgIpc) is 2.85. The Hall–Kier alpha value is -1.70. The van der Waals surface area contributed by atoms with Gasteiger partial charge in [-0.1, -0.05) is 11.6 Å². The van der Waals surface area contributed by atoms with Gasteiger partial charge in [0.15, 0.2) is 0 Å². The van der Waals surface area contributed by atoms with Crippen molar-refractivity contribution in [2.45, 2.75) is 11.8 Å². The molecule has 2 rings (SSSR count). The van der Waals surface area contributed by atoms with E-state index in [1.165, 1.54) is 11.3 Å². The van der Waals surface area contributed by atoms with Gasteiger partial charge in [0.2, 0.25) is 0 Å². The van der Waals surface area contributed by atoms with Crippen molar-refractivity contribution in [2.24, 2.45) is 0 Å². The van der Waals surface area contributed by atoms with Crippen LogP contribution in [0.5, 0.6) is 0 Å². The molecule has 1 aromatic heterocycles. The number of halogens is 1. The maximum Gasteiger partial charge on any atom is 0.337 e. The first-order valence-corrected chi connectivity index (χ1v) is 8.74. The molecule has 0 spiro atoms. The number of nitrogens with one attached hydrogen (secondary N) is 3. The van der Waals surface area contributed by atoms with Gasteiger partial charge in [0.05, 0.1) is 5.02 Å². The molecule has 0 aliphatic rings. The van der Waals surface area contributed by atoms with Crippen molar-refractivity contribution < 1.29 is 9.59 Å². The van der Waals surface area contributed by atoms with Crippen LogP contribution in [0.15, 0.2) is 34.5 Å². The highest BCUT2D eigenvalue weighted by Gasteiger charge is 2.15. The van der Waals surface area contributed by atoms with Gasteiger partial charge >= 0.3 is 6.03 Å². The fourth-order valence-electron chi connectivity index (χ4n) is 1.59. The van der Waals surface area contributed by atoms with Gasteiger partial charge in [-0.05, 0) is 48.4 Å². The van der Waals surface area contributed by atoms with Crippen molar-refractivity contribution in [1.29, 1.82) is 0 Å². The lowest BCUT2D eigenvalue weighted by molar-refractivity contribution is 0.0942. The zero-order chi connectivity index (χ0) is 16.1. The smallest absolute Gasteiger partial charge is 0.307 e. The monoisotopic (exact) mass is 355 g/mol. The predicted molar refractivity (Wildman–Crippen MR) is 91.9 cm³/mol. The number of carbonyl (C=O) groups is 2. The molecule has 0 atom stereocenters. The van der Waals surface area contributed by atoms with Gasteiger partial charge in [-0.2, -0.15) is 0 Å². The van der Waals surface area contributed by atoms with E-state index in [1.807, 2.05) is 25.3 Å². The van der Waals surface area contributed by atoms with Crippen LogP contribution in [0.4, 0.5) is 10.5 Å². The molecule has 0 radical (unpaired) electrons. The van der Waals surface area contributed by atoms with Crippen LogP contribution in [-0.4, -0.2) is 18.2 Å². The van der Waals surface area contributed by atoms with Crippen LogP contribution in [0.1, 0.15) is 15.2 Å². The third-order valence-electron chi connectivity index (χ3n) is 2.74. The maximum absolute atomic E-state index is 11.9. The van der Waals surface area contributed by atoms with E-state index in [0.717, 1.165) is 10.5 Å². The quantitative estimate of drug-likeness (QED) is 0.577. The van der Waals surface area contributed by atoms with E-state index < -0.39 is 11.9 Å². The van der Waals surface area contributed by atoms with Gasteiger partial charge in [0.25, 0.3) is 5.91 Å². The van der Waals surface area contributed by atoms with Crippen molar-refractivity contribution in [2.75, 3.05) is 11.6 Å². The highest BCUT2D eigenvalue weighted by atomic mass is 35.5. The molecule has 0 unspecified atom stereocenters. The number of hydrogen-bond acceptors (Lipinski definition) is 4. The summed E-state index contributed by atoms with van der Waals surface area (Å²) in [5, 5.41) is 4.80. The molecule has 2 aromatic rings. The second kappa shape index (κ2) is 7.53. The molecule has 0 saturated carbocycles. The summed E-state index contributed by atoms with van der Waals surface area (Å²) in [6, 6.07) is 6.83. The number of benzene rings is 1. The van der Waals surface area contributed by atoms with Crippen molar-refractivity contribution in [3.63, 3.8) is 0 Å². The molecule has 3 amide bonds. The van der Waals surface area contributed by atoms with Crippen molar-refractivity contribution in [3.8, 4) is 0 Å². The largest absolute Gasteiger partial charge is 0.337 e. The van der Waals surface area contributed by atoms with Gasteiger partial charge in [-0.15, -0.1) is 23.1 Å². The number of aryl methyl sites for hydroxylation is 1. The van der Waals surface area contributed by atoms with Gasteiger partial charge in [-0.25, -0.2) is 10.2 Å². The molecule has 3 N–H and O–H groups in total. The van der Waals surface area contributed by atoms with Crippen LogP contribution in [-0.2, 0) is 0 Å². The Bertz CT molecular complexity index is 686. The standard InChI is InChI=1S/C14H14ClN3O2S2/c1-8-7-22-12(11(8)15)13(19)17-18-14(20)16-9-3-5-10(21-2)6-4-9/h3-7H,1-2H3,(H,17,19)(H2,16,18,20). The zero-order valence-electron chi connectivity index (χ0n) is 11.9. The number of amides is 3. The summed E-state index contributed by atoms with van der Waals surface area (Å²) in [4.78, 5) is 25.1. The molecule has 1 aromatic carbocycles. The first-order valence-electron chi connectivity index (χ1n) is 6.26. The fourth-order valence-corrected chi connectivity index (χ4v) is 3.17. The SMILES string of the molecule is CSc1ccc(NC(=O)NNC(=O)c2scc(C)c2Cl)cc1. The van der Waals surface area contributed by atoms with E-state index in [1.54, 1.807) is 29.3 Å². The number of carbonyl (C=O) groups excluding carboxylic acids is 2. The molecule has 0 fully saturated rings. The number of thioether (sulfide) groups is 1. The minimum Gasteiger partial charge on any atom is -0.307 e. The van der Waals surface area contributed by atoms with E-state index in [9.17, 15) is 9.59 Å². The highest BCUT2D eigenvalue weighted by Crippen LogP contribution is 2.26. The number of anilines is 1. The third kappa shape index (κ3) is 4.16. The van der Waals surface area contributed by atoms with Crippen molar-refractivity contribution >= 4 is 52.3 Å². The third-order valence-corrected chi connectivity index (χ3v) is 5.18. The number of hydrogen-bond donors (Lipinski definition) is 3. The number of urea groups is 1. The Morgan fingerprint density at radius 1 is 1.18 bits per heavy atom. The maximum atomic E-state index is 11.9. The normalized spacial score (nSPS) is 10.1. The first-order chi connectivity index (χ1) is 10.5. The van der Waals surface area contributed by atoms with Gasteiger partial charge in [0.1, 0.15) is 4.88 Å². The predicted octanol–water partition coefficient (Wildman–Crippen LogP) is 3.90. The van der Waals surface area contributed by atoms with Crippen molar-refractivity contribution in [1.82, 2.24) is 10.9 Å². The summed E-state index contributed by atoms with van der Waals surface area (Å²) >= 11 is 8.84. The Kier molecular flexibility index (Phi) is 5.70. The Labute approximate surface area is 141 Å². The van der Waals surface area contributed by atoms with E-state index in [-0.39, 0.29) is 0 Å². The number of thiophene rings is 1. The molecular weight excluding hydrogens is 342 g/mol. The van der Waals surface area contributed by atoms with Gasteiger partial charge < -0.3 is 5.32 Å². The Morgan fingerprint density at radius 3 is 2.41 bits per heavy atom. The zero-order valence-corrected chi connectivity index (χ0v) is 14.3. The minimum absolute atomic E-state index is 0.365. The van der Waals surface area contributed by atoms with E-state index >= 15 is 0 Å². The van der Waals surface area contributed by atoms with Crippen LogP contribution >= 0.6 is 34.7 Å². The lowest BCUT2D eigenvalue weighted by Crippen LogP contribution is -2.43. The highest BCUT2D eigenvalue weighted by molar-refractivity contribution is 7.98. The molecule has 22 heavy (non-hydrogen) atoms. The Balaban J connectivity index is 1.87. The summed E-state index contributed by atoms with van der Waals surface area (Å²) in [5.41, 5.74) is 6.07. The van der Waals surface area contributed by atoms with Crippen molar-refractivity contribution in [3.05, 3.63) is 45.1 Å². The molecule has 116 valence electrons. The van der Waals surface area contributed by atoms with Crippen LogP contribution in [0.2, 0.25) is 5.02 Å². The van der Waals surface area contributed by atoms with Crippen LogP contribution < -0.4 is 16.2 Å². The van der Waals surface area contributed by atoms with Gasteiger partial charge in [-0.3, -0.25) is 10.2 Å². The molecule has 0 bridgehead atoms. The molecule has 0 aliphatic carbocycles. The topological polar surface area (TPSA) is 70.2 Å². The molecular formula is C14H14ClN3O2S2. The molecule has 0 aliphatic heterocycles. The molecule has 5 nitrogen and oxygen atoms in total. The Morgan fingerprint density at radius 2 is 1.86 bits per heavy atom. The van der Waals surface area contributed by atoms with E-state index in [4.69, 9.17) is 11.6 Å². The van der Waals surface area contributed by atoms with Crippen LogP contribution in [0, 0.1) is 6.92 Å². The summed E-state index contributed by atoms with van der Waals surface area (Å²) in [5.74, 6) is -0.448. The second-order valence-corrected chi connectivity index (χ2v) is 6.46. The van der Waals surface area contributed by atoms with E-state index in [2.05, 4.69) is 16.2 Å². The summed E-state index contributed by atoms with van der Waals surface area (Å²) in [7, 11) is 0. The minimum atomic E-state index is -0.533. The molecule has 1 heterocycles. The van der Waals surface area contributed by atoms with E-state index in [0.29, 0.717) is 15.6 Å². The first kappa shape index (κ1) is 16.7. The average molecular weight is 356 g/mol. The lowest BCUT2D eigenvalue weighted by Gasteiger charge is -2.09. The second-order valence-electron chi connectivity index (χ2n) is 4.32. The van der Waals surface area contributed by atoms with Crippen LogP contribution in [0.3, 0.4) is 0 Å². The molecule has 0 saturated heterocycles. The summed E-state index contributed by atoms with van der Waals surface area (Å²) in [6.45, 7) is 1.81. The molecule has 8 heteroatoms. The summed E-state index contributed by atoms with van der Waals surface area (Å²) in [6.07, 6.45) is 1.97. The van der Waals surface area contributed by atoms with Crippen LogP contribution in [0.25, 0.3) is 0 Å². The number of rotatable bonds is 3. The van der Waals surface area contributed by atoms with Gasteiger partial charge in [0, 0.05) is 10.6 Å².